The second-order valence-corrected chi connectivity index (χ2v) is 7.46. The molecule has 2 aromatic rings. The maximum atomic E-state index is 12.9. The number of methoxy groups -OCH3 is 3. The van der Waals surface area contributed by atoms with E-state index >= 15 is 0 Å². The van der Waals surface area contributed by atoms with Crippen molar-refractivity contribution in [1.29, 1.82) is 0 Å². The Bertz CT molecular complexity index is 1020. The van der Waals surface area contributed by atoms with Crippen LogP contribution in [0.4, 0.5) is 0 Å². The van der Waals surface area contributed by atoms with Gasteiger partial charge >= 0.3 is 0 Å². The first-order valence-electron chi connectivity index (χ1n) is 10.2. The van der Waals surface area contributed by atoms with E-state index < -0.39 is 0 Å². The molecule has 0 saturated carbocycles. The van der Waals surface area contributed by atoms with Crippen molar-refractivity contribution in [3.05, 3.63) is 51.2 Å². The number of fused-ring (bicyclic) bond motifs is 3. The molecule has 0 bridgehead atoms. The van der Waals surface area contributed by atoms with Gasteiger partial charge in [0.2, 0.25) is 11.7 Å². The fourth-order valence-electron chi connectivity index (χ4n) is 4.22. The van der Waals surface area contributed by atoms with Crippen molar-refractivity contribution in [3.8, 4) is 28.4 Å². The highest BCUT2D eigenvalue weighted by Crippen LogP contribution is 2.50. The zero-order valence-corrected chi connectivity index (χ0v) is 18.3. The first-order chi connectivity index (χ1) is 14.4. The smallest absolute Gasteiger partial charge is 0.217 e. The molecule has 6 nitrogen and oxygen atoms in total. The summed E-state index contributed by atoms with van der Waals surface area (Å²) < 4.78 is 16.9. The lowest BCUT2D eigenvalue weighted by Gasteiger charge is -2.19. The maximum Gasteiger partial charge on any atom is 0.217 e. The lowest BCUT2D eigenvalue weighted by molar-refractivity contribution is -0.119. The SMILES string of the molecule is CCCc1ccc2c(cc1=O)[C@@H](NC(C)=O)CCc1cc(OC)c(OC)c(OC)c1-2. The first-order valence-corrected chi connectivity index (χ1v) is 10.2. The Kier molecular flexibility index (Phi) is 6.65. The van der Waals surface area contributed by atoms with E-state index in [0.717, 1.165) is 34.2 Å². The summed E-state index contributed by atoms with van der Waals surface area (Å²) in [4.78, 5) is 24.8. The second-order valence-electron chi connectivity index (χ2n) is 7.46. The number of carbonyl (C=O) groups is 1. The molecule has 1 aliphatic rings. The van der Waals surface area contributed by atoms with Gasteiger partial charge in [0.25, 0.3) is 0 Å². The Morgan fingerprint density at radius 2 is 1.83 bits per heavy atom. The van der Waals surface area contributed by atoms with Gasteiger partial charge in [-0.25, -0.2) is 0 Å². The van der Waals surface area contributed by atoms with Crippen LogP contribution in [0.2, 0.25) is 0 Å². The number of hydrogen-bond donors (Lipinski definition) is 1. The highest BCUT2D eigenvalue weighted by atomic mass is 16.5. The molecule has 1 amide bonds. The molecule has 0 radical (unpaired) electrons. The van der Waals surface area contributed by atoms with Gasteiger partial charge in [0.05, 0.1) is 27.4 Å². The molecule has 0 saturated heterocycles. The van der Waals surface area contributed by atoms with Gasteiger partial charge in [-0.3, -0.25) is 9.59 Å². The predicted octanol–water partition coefficient (Wildman–Crippen LogP) is 3.82. The summed E-state index contributed by atoms with van der Waals surface area (Å²) in [7, 11) is 4.76. The van der Waals surface area contributed by atoms with Crippen molar-refractivity contribution >= 4 is 5.91 Å². The summed E-state index contributed by atoms with van der Waals surface area (Å²) in [5.74, 6) is 1.52. The van der Waals surface area contributed by atoms with Gasteiger partial charge in [-0.15, -0.1) is 0 Å². The number of amides is 1. The van der Waals surface area contributed by atoms with E-state index in [9.17, 15) is 9.59 Å². The molecular formula is C24H29NO5. The molecule has 1 aliphatic carbocycles. The average Bonchev–Trinajstić information content (AvgIpc) is 2.96. The van der Waals surface area contributed by atoms with E-state index in [2.05, 4.69) is 5.32 Å². The molecule has 160 valence electrons. The number of rotatable bonds is 6. The Balaban J connectivity index is 2.39. The quantitative estimate of drug-likeness (QED) is 0.782. The predicted molar refractivity (Wildman–Crippen MR) is 117 cm³/mol. The highest BCUT2D eigenvalue weighted by Gasteiger charge is 2.29. The van der Waals surface area contributed by atoms with Crippen LogP contribution < -0.4 is 25.0 Å². The number of carbonyl (C=O) groups excluding carboxylic acids is 1. The molecule has 2 aromatic carbocycles. The van der Waals surface area contributed by atoms with Crippen molar-refractivity contribution in [2.75, 3.05) is 21.3 Å². The molecular weight excluding hydrogens is 382 g/mol. The Morgan fingerprint density at radius 3 is 2.43 bits per heavy atom. The number of benzene rings is 1. The monoisotopic (exact) mass is 411 g/mol. The summed E-state index contributed by atoms with van der Waals surface area (Å²) >= 11 is 0. The van der Waals surface area contributed by atoms with Crippen molar-refractivity contribution in [1.82, 2.24) is 5.32 Å². The van der Waals surface area contributed by atoms with Crippen molar-refractivity contribution in [2.45, 2.75) is 45.6 Å². The molecule has 0 aliphatic heterocycles. The number of aryl methyl sites for hydroxylation is 2. The maximum absolute atomic E-state index is 12.9. The summed E-state index contributed by atoms with van der Waals surface area (Å²) in [5, 5.41) is 3.02. The summed E-state index contributed by atoms with van der Waals surface area (Å²) in [6.07, 6.45) is 2.92. The Hall–Kier alpha value is -3.02. The van der Waals surface area contributed by atoms with E-state index in [4.69, 9.17) is 14.2 Å². The van der Waals surface area contributed by atoms with Gasteiger partial charge in [-0.05, 0) is 53.6 Å². The first kappa shape index (κ1) is 21.7. The third kappa shape index (κ3) is 3.99. The van der Waals surface area contributed by atoms with Crippen molar-refractivity contribution in [3.63, 3.8) is 0 Å². The largest absolute Gasteiger partial charge is 0.493 e. The van der Waals surface area contributed by atoms with Gasteiger partial charge in [0, 0.05) is 12.5 Å². The van der Waals surface area contributed by atoms with Crippen LogP contribution in [0.3, 0.4) is 0 Å². The van der Waals surface area contributed by atoms with Crippen LogP contribution in [-0.4, -0.2) is 27.2 Å². The van der Waals surface area contributed by atoms with Crippen molar-refractivity contribution < 1.29 is 19.0 Å². The Labute approximate surface area is 177 Å². The van der Waals surface area contributed by atoms with E-state index in [-0.39, 0.29) is 17.4 Å². The van der Waals surface area contributed by atoms with Crippen molar-refractivity contribution in [2.24, 2.45) is 0 Å². The fraction of sp³-hybridized carbons (Fsp3) is 0.417. The zero-order valence-electron chi connectivity index (χ0n) is 18.3. The summed E-state index contributed by atoms with van der Waals surface area (Å²) in [6.45, 7) is 3.54. The van der Waals surface area contributed by atoms with Crippen LogP contribution in [-0.2, 0) is 17.6 Å². The minimum Gasteiger partial charge on any atom is -0.493 e. The molecule has 0 heterocycles. The standard InChI is InChI=1S/C24H29NO5/c1-6-7-15-8-10-17-18(13-20(15)27)19(25-14(2)26)11-9-16-12-21(28-3)23(29-4)24(30-5)22(16)17/h8,10,12-13,19H,6-7,9,11H2,1-5H3,(H,25,26)/t19-/m0/s1. The second kappa shape index (κ2) is 9.20. The summed E-state index contributed by atoms with van der Waals surface area (Å²) in [5.41, 5.74) is 4.29. The molecule has 0 aromatic heterocycles. The summed E-state index contributed by atoms with van der Waals surface area (Å²) in [6, 6.07) is 7.21. The van der Waals surface area contributed by atoms with E-state index in [1.54, 1.807) is 27.4 Å². The number of nitrogens with one attached hydrogen (secondary N) is 1. The topological polar surface area (TPSA) is 73.9 Å². The van der Waals surface area contributed by atoms with Gasteiger partial charge < -0.3 is 19.5 Å². The van der Waals surface area contributed by atoms with Gasteiger partial charge in [0.1, 0.15) is 0 Å². The zero-order chi connectivity index (χ0) is 21.8. The Morgan fingerprint density at radius 1 is 1.10 bits per heavy atom. The molecule has 1 N–H and O–H groups in total. The van der Waals surface area contributed by atoms with E-state index in [1.165, 1.54) is 6.92 Å². The van der Waals surface area contributed by atoms with Crippen LogP contribution >= 0.6 is 0 Å². The van der Waals surface area contributed by atoms with Gasteiger partial charge in [-0.2, -0.15) is 0 Å². The number of ether oxygens (including phenoxy) is 3. The fourth-order valence-corrected chi connectivity index (χ4v) is 4.22. The number of hydrogen-bond acceptors (Lipinski definition) is 5. The van der Waals surface area contributed by atoms with E-state index in [0.29, 0.717) is 36.5 Å². The minimum atomic E-state index is -0.277. The lowest BCUT2D eigenvalue weighted by atomic mass is 9.95. The van der Waals surface area contributed by atoms with Crippen LogP contribution in [0.15, 0.2) is 29.1 Å². The van der Waals surface area contributed by atoms with Gasteiger partial charge in [0.15, 0.2) is 16.9 Å². The molecule has 6 heteroatoms. The molecule has 0 unspecified atom stereocenters. The molecule has 1 atom stereocenters. The third-order valence-corrected chi connectivity index (χ3v) is 5.52. The highest BCUT2D eigenvalue weighted by molar-refractivity contribution is 5.83. The lowest BCUT2D eigenvalue weighted by Crippen LogP contribution is -2.26. The molecule has 3 rings (SSSR count). The average molecular weight is 411 g/mol. The minimum absolute atomic E-state index is 0.0173. The molecule has 0 spiro atoms. The van der Waals surface area contributed by atoms with Gasteiger partial charge in [-0.1, -0.05) is 25.5 Å². The van der Waals surface area contributed by atoms with E-state index in [1.807, 2.05) is 25.1 Å². The van der Waals surface area contributed by atoms with Crippen LogP contribution in [0.25, 0.3) is 11.1 Å². The third-order valence-electron chi connectivity index (χ3n) is 5.52. The molecule has 0 fully saturated rings. The molecule has 30 heavy (non-hydrogen) atoms. The normalized spacial score (nSPS) is 14.8. The van der Waals surface area contributed by atoms with Crippen LogP contribution in [0.1, 0.15) is 49.4 Å². The van der Waals surface area contributed by atoms with Crippen LogP contribution in [0.5, 0.6) is 17.2 Å². The van der Waals surface area contributed by atoms with Crippen LogP contribution in [0, 0.1) is 0 Å².